The van der Waals surface area contributed by atoms with Gasteiger partial charge >= 0.3 is 0 Å². The maximum absolute atomic E-state index is 12.7. The van der Waals surface area contributed by atoms with E-state index in [4.69, 9.17) is 11.6 Å². The van der Waals surface area contributed by atoms with Crippen molar-refractivity contribution in [1.82, 2.24) is 4.98 Å². The van der Waals surface area contributed by atoms with Gasteiger partial charge in [0.15, 0.2) is 5.13 Å². The van der Waals surface area contributed by atoms with Gasteiger partial charge in [-0.3, -0.25) is 9.59 Å². The van der Waals surface area contributed by atoms with E-state index in [1.165, 1.54) is 11.3 Å². The molecule has 1 N–H and O–H groups in total. The highest BCUT2D eigenvalue weighted by atomic mass is 35.5. The number of halogens is 1. The quantitative estimate of drug-likeness (QED) is 0.702. The molecular formula is C20H18ClN3O2S. The molecule has 0 radical (unpaired) electrons. The van der Waals surface area contributed by atoms with Gasteiger partial charge in [-0.2, -0.15) is 0 Å². The second-order valence-electron chi connectivity index (χ2n) is 6.82. The van der Waals surface area contributed by atoms with Gasteiger partial charge in [0.1, 0.15) is 0 Å². The molecule has 3 aromatic rings. The number of aromatic nitrogens is 1. The van der Waals surface area contributed by atoms with Crippen molar-refractivity contribution in [3.63, 3.8) is 0 Å². The third kappa shape index (κ3) is 3.55. The summed E-state index contributed by atoms with van der Waals surface area (Å²) >= 11 is 7.61. The Morgan fingerprint density at radius 3 is 2.85 bits per heavy atom. The summed E-state index contributed by atoms with van der Waals surface area (Å²) in [5.74, 6) is -0.666. The number of carbonyl (C=O) groups excluding carboxylic acids is 2. The monoisotopic (exact) mass is 399 g/mol. The lowest BCUT2D eigenvalue weighted by Gasteiger charge is -2.17. The van der Waals surface area contributed by atoms with Crippen molar-refractivity contribution in [3.8, 4) is 0 Å². The van der Waals surface area contributed by atoms with Gasteiger partial charge in [-0.15, -0.1) is 0 Å². The number of hydrogen-bond acceptors (Lipinski definition) is 4. The summed E-state index contributed by atoms with van der Waals surface area (Å²) in [7, 11) is 0. The number of amides is 2. The number of rotatable bonds is 3. The Morgan fingerprint density at radius 1 is 1.26 bits per heavy atom. The number of nitrogens with one attached hydrogen (secondary N) is 1. The molecular weight excluding hydrogens is 382 g/mol. The van der Waals surface area contributed by atoms with Crippen LogP contribution in [0.15, 0.2) is 36.4 Å². The molecule has 2 aromatic carbocycles. The molecule has 0 bridgehead atoms. The van der Waals surface area contributed by atoms with Crippen molar-refractivity contribution in [3.05, 3.63) is 52.5 Å². The predicted octanol–water partition coefficient (Wildman–Crippen LogP) is 4.56. The summed E-state index contributed by atoms with van der Waals surface area (Å²) in [6, 6.07) is 11.5. The summed E-state index contributed by atoms with van der Waals surface area (Å²) in [6.45, 7) is 4.27. The highest BCUT2D eigenvalue weighted by molar-refractivity contribution is 7.22. The van der Waals surface area contributed by atoms with Crippen LogP contribution in [-0.2, 0) is 9.59 Å². The number of carbonyl (C=O) groups is 2. The first-order chi connectivity index (χ1) is 12.9. The Hall–Kier alpha value is -2.44. The molecule has 1 fully saturated rings. The maximum atomic E-state index is 12.7. The Balaban J connectivity index is 1.49. The summed E-state index contributed by atoms with van der Waals surface area (Å²) in [5, 5.41) is 4.04. The molecule has 1 atom stereocenters. The molecule has 1 saturated heterocycles. The largest absolute Gasteiger partial charge is 0.312 e. The normalized spacial score (nSPS) is 16.9. The predicted molar refractivity (Wildman–Crippen MR) is 110 cm³/mol. The number of hydrogen-bond donors (Lipinski definition) is 1. The van der Waals surface area contributed by atoms with Crippen LogP contribution in [-0.4, -0.2) is 23.3 Å². The van der Waals surface area contributed by atoms with Crippen LogP contribution in [0.3, 0.4) is 0 Å². The van der Waals surface area contributed by atoms with Crippen LogP contribution >= 0.6 is 22.9 Å². The van der Waals surface area contributed by atoms with Gasteiger partial charge in [0.25, 0.3) is 0 Å². The van der Waals surface area contributed by atoms with Crippen LogP contribution in [0, 0.1) is 19.8 Å². The van der Waals surface area contributed by atoms with Crippen molar-refractivity contribution in [2.45, 2.75) is 20.3 Å². The molecule has 0 aliphatic carbocycles. The number of fused-ring (bicyclic) bond motifs is 1. The van der Waals surface area contributed by atoms with Crippen molar-refractivity contribution >= 4 is 55.8 Å². The van der Waals surface area contributed by atoms with E-state index >= 15 is 0 Å². The zero-order chi connectivity index (χ0) is 19.1. The Morgan fingerprint density at radius 2 is 2.07 bits per heavy atom. The molecule has 1 unspecified atom stereocenters. The second kappa shape index (κ2) is 6.94. The third-order valence-electron chi connectivity index (χ3n) is 4.74. The zero-order valence-corrected chi connectivity index (χ0v) is 16.5. The van der Waals surface area contributed by atoms with Gasteiger partial charge in [0, 0.05) is 23.7 Å². The van der Waals surface area contributed by atoms with Gasteiger partial charge in [0.05, 0.1) is 16.1 Å². The van der Waals surface area contributed by atoms with Crippen LogP contribution in [0.2, 0.25) is 5.02 Å². The average molecular weight is 400 g/mol. The Kier molecular flexibility index (Phi) is 4.61. The zero-order valence-electron chi connectivity index (χ0n) is 15.0. The minimum absolute atomic E-state index is 0.0741. The van der Waals surface area contributed by atoms with E-state index < -0.39 is 5.92 Å². The lowest BCUT2D eigenvalue weighted by molar-refractivity contribution is -0.122. The van der Waals surface area contributed by atoms with Crippen LogP contribution in [0.4, 0.5) is 10.8 Å². The van der Waals surface area contributed by atoms with Crippen molar-refractivity contribution in [2.24, 2.45) is 5.92 Å². The van der Waals surface area contributed by atoms with Crippen LogP contribution in [0.5, 0.6) is 0 Å². The average Bonchev–Trinajstić information content (AvgIpc) is 3.20. The van der Waals surface area contributed by atoms with Crippen LogP contribution < -0.4 is 10.2 Å². The van der Waals surface area contributed by atoms with E-state index in [0.717, 1.165) is 27.0 Å². The Bertz CT molecular complexity index is 1060. The molecule has 0 spiro atoms. The van der Waals surface area contributed by atoms with E-state index in [9.17, 15) is 9.59 Å². The molecule has 1 aliphatic heterocycles. The first-order valence-electron chi connectivity index (χ1n) is 8.65. The number of nitrogens with zero attached hydrogens (tertiary/aromatic N) is 2. The van der Waals surface area contributed by atoms with E-state index in [0.29, 0.717) is 16.7 Å². The summed E-state index contributed by atoms with van der Waals surface area (Å²) < 4.78 is 1.03. The van der Waals surface area contributed by atoms with Gasteiger partial charge in [-0.25, -0.2) is 4.98 Å². The minimum atomic E-state index is -0.411. The molecule has 2 heterocycles. The standard InChI is InChI=1S/C20H18ClN3O2S/c1-11-3-6-16-17(7-11)27-20(22-16)23-19(26)13-8-18(25)24(10-13)14-5-4-12(2)15(21)9-14/h3-7,9,13H,8,10H2,1-2H3,(H,22,23,26). The smallest absolute Gasteiger partial charge is 0.231 e. The molecule has 7 heteroatoms. The van der Waals surface area contributed by atoms with Crippen molar-refractivity contribution in [1.29, 1.82) is 0 Å². The van der Waals surface area contributed by atoms with Crippen LogP contribution in [0.25, 0.3) is 10.2 Å². The second-order valence-corrected chi connectivity index (χ2v) is 8.26. The Labute approximate surface area is 166 Å². The SMILES string of the molecule is Cc1ccc2nc(NC(=O)C3CC(=O)N(c4ccc(C)c(Cl)c4)C3)sc2c1. The number of aryl methyl sites for hydroxylation is 2. The topological polar surface area (TPSA) is 62.3 Å². The number of thiazole rings is 1. The maximum Gasteiger partial charge on any atom is 0.231 e. The molecule has 5 nitrogen and oxygen atoms in total. The first kappa shape index (κ1) is 17.9. The lowest BCUT2D eigenvalue weighted by Crippen LogP contribution is -2.28. The van der Waals surface area contributed by atoms with Crippen molar-refractivity contribution < 1.29 is 9.59 Å². The van der Waals surface area contributed by atoms with Gasteiger partial charge in [-0.1, -0.05) is 35.1 Å². The minimum Gasteiger partial charge on any atom is -0.312 e. The highest BCUT2D eigenvalue weighted by Gasteiger charge is 2.35. The molecule has 0 saturated carbocycles. The van der Waals surface area contributed by atoms with E-state index in [2.05, 4.69) is 10.3 Å². The molecule has 27 heavy (non-hydrogen) atoms. The fourth-order valence-electron chi connectivity index (χ4n) is 3.18. The highest BCUT2D eigenvalue weighted by Crippen LogP contribution is 2.31. The van der Waals surface area contributed by atoms with E-state index in [-0.39, 0.29) is 18.2 Å². The molecule has 1 aliphatic rings. The number of benzene rings is 2. The van der Waals surface area contributed by atoms with Gasteiger partial charge < -0.3 is 10.2 Å². The molecule has 138 valence electrons. The van der Waals surface area contributed by atoms with E-state index in [1.54, 1.807) is 11.0 Å². The first-order valence-corrected chi connectivity index (χ1v) is 9.85. The summed E-state index contributed by atoms with van der Waals surface area (Å²) in [6.07, 6.45) is 0.182. The third-order valence-corrected chi connectivity index (χ3v) is 6.08. The van der Waals surface area contributed by atoms with Gasteiger partial charge in [0.2, 0.25) is 11.8 Å². The van der Waals surface area contributed by atoms with Crippen molar-refractivity contribution in [2.75, 3.05) is 16.8 Å². The van der Waals surface area contributed by atoms with E-state index in [1.807, 2.05) is 44.2 Å². The fraction of sp³-hybridized carbons (Fsp3) is 0.250. The van der Waals surface area contributed by atoms with Gasteiger partial charge in [-0.05, 0) is 49.2 Å². The molecule has 2 amide bonds. The fourth-order valence-corrected chi connectivity index (χ4v) is 4.32. The summed E-state index contributed by atoms with van der Waals surface area (Å²) in [4.78, 5) is 31.1. The van der Waals surface area contributed by atoms with Crippen LogP contribution in [0.1, 0.15) is 17.5 Å². The lowest BCUT2D eigenvalue weighted by atomic mass is 10.1. The molecule has 4 rings (SSSR count). The number of anilines is 2. The molecule has 1 aromatic heterocycles. The summed E-state index contributed by atoms with van der Waals surface area (Å²) in [5.41, 5.74) is 3.69.